The molecule has 8 nitrogen and oxygen atoms in total. The van der Waals surface area contributed by atoms with Crippen LogP contribution >= 0.6 is 11.3 Å². The monoisotopic (exact) mass is 386 g/mol. The number of carbonyl (C=O) groups is 3. The van der Waals surface area contributed by atoms with Gasteiger partial charge in [-0.3, -0.25) is 4.79 Å². The fraction of sp³-hybridized carbons (Fsp3) is 0.647. The second-order valence-corrected chi connectivity index (χ2v) is 8.49. The van der Waals surface area contributed by atoms with Gasteiger partial charge in [0.05, 0.1) is 11.6 Å². The van der Waals surface area contributed by atoms with E-state index < -0.39 is 35.3 Å². The van der Waals surface area contributed by atoms with Crippen LogP contribution < -0.4 is 4.80 Å². The topological polar surface area (TPSA) is 107 Å². The van der Waals surface area contributed by atoms with Crippen LogP contribution in [0.1, 0.15) is 66.5 Å². The summed E-state index contributed by atoms with van der Waals surface area (Å²) in [6.07, 6.45) is -1.40. The van der Waals surface area contributed by atoms with E-state index in [9.17, 15) is 19.5 Å². The summed E-state index contributed by atoms with van der Waals surface area (Å²) in [6.45, 7) is 11.9. The van der Waals surface area contributed by atoms with E-state index in [1.54, 1.807) is 48.5 Å². The zero-order valence-corrected chi connectivity index (χ0v) is 17.0. The van der Waals surface area contributed by atoms with Crippen LogP contribution in [-0.4, -0.2) is 39.0 Å². The quantitative estimate of drug-likeness (QED) is 0.848. The second-order valence-electron chi connectivity index (χ2n) is 7.65. The van der Waals surface area contributed by atoms with Crippen LogP contribution in [0.4, 0.5) is 9.59 Å². The molecule has 0 radical (unpaired) electrons. The Morgan fingerprint density at radius 2 is 1.69 bits per heavy atom. The molecule has 1 heterocycles. The maximum absolute atomic E-state index is 12.6. The maximum Gasteiger partial charge on any atom is 0.436 e. The lowest BCUT2D eigenvalue weighted by Gasteiger charge is -2.21. The molecule has 26 heavy (non-hydrogen) atoms. The summed E-state index contributed by atoms with van der Waals surface area (Å²) in [6, 6.07) is 0. The van der Waals surface area contributed by atoms with Crippen LogP contribution in [0.2, 0.25) is 0 Å². The van der Waals surface area contributed by atoms with Gasteiger partial charge in [-0.1, -0.05) is 6.92 Å². The Bertz CT molecular complexity index is 749. The van der Waals surface area contributed by atoms with Gasteiger partial charge in [-0.15, -0.1) is 16.3 Å². The highest BCUT2D eigenvalue weighted by Gasteiger charge is 2.28. The van der Waals surface area contributed by atoms with E-state index in [1.165, 1.54) is 5.38 Å². The molecule has 9 heteroatoms. The highest BCUT2D eigenvalue weighted by Crippen LogP contribution is 2.22. The van der Waals surface area contributed by atoms with E-state index in [-0.39, 0.29) is 16.9 Å². The smallest absolute Gasteiger partial charge is 0.436 e. The SMILES string of the molecule is CCC(C(=O)O)c1cs/c(=N\C(=O)OC(C)(C)C)n1C(=O)OC(C)(C)C. The number of carbonyl (C=O) groups excluding carboxylic acids is 2. The number of aliphatic carboxylic acids is 1. The zero-order chi connectivity index (χ0) is 20.3. The van der Waals surface area contributed by atoms with Crippen LogP contribution in [0.25, 0.3) is 0 Å². The Labute approximate surface area is 156 Å². The van der Waals surface area contributed by atoms with Crippen LogP contribution in [0.5, 0.6) is 0 Å². The van der Waals surface area contributed by atoms with Gasteiger partial charge in [0.2, 0.25) is 4.80 Å². The fourth-order valence-corrected chi connectivity index (χ4v) is 2.92. The Morgan fingerprint density at radius 1 is 1.15 bits per heavy atom. The van der Waals surface area contributed by atoms with E-state index in [4.69, 9.17) is 9.47 Å². The molecule has 0 aliphatic rings. The van der Waals surface area contributed by atoms with Crippen LogP contribution in [0.15, 0.2) is 10.4 Å². The fourth-order valence-electron chi connectivity index (χ4n) is 2.01. The lowest BCUT2D eigenvalue weighted by Crippen LogP contribution is -2.35. The van der Waals surface area contributed by atoms with Gasteiger partial charge in [0.15, 0.2) is 0 Å². The van der Waals surface area contributed by atoms with E-state index >= 15 is 0 Å². The number of aromatic nitrogens is 1. The van der Waals surface area contributed by atoms with Gasteiger partial charge >= 0.3 is 18.2 Å². The molecule has 1 aromatic heterocycles. The number of rotatable bonds is 3. The predicted molar refractivity (Wildman–Crippen MR) is 96.4 cm³/mol. The summed E-state index contributed by atoms with van der Waals surface area (Å²) < 4.78 is 11.5. The Hall–Kier alpha value is -2.16. The Balaban J connectivity index is 3.48. The predicted octanol–water partition coefficient (Wildman–Crippen LogP) is 3.75. The van der Waals surface area contributed by atoms with Crippen LogP contribution in [-0.2, 0) is 14.3 Å². The van der Waals surface area contributed by atoms with Gasteiger partial charge in [0.1, 0.15) is 11.2 Å². The second kappa shape index (κ2) is 8.03. The maximum atomic E-state index is 12.6. The van der Waals surface area contributed by atoms with Crippen molar-refractivity contribution in [1.29, 1.82) is 0 Å². The molecule has 0 fully saturated rings. The summed E-state index contributed by atoms with van der Waals surface area (Å²) in [5.41, 5.74) is -1.33. The van der Waals surface area contributed by atoms with Gasteiger partial charge in [-0.25, -0.2) is 14.2 Å². The molecule has 0 saturated heterocycles. The van der Waals surface area contributed by atoms with E-state index in [2.05, 4.69) is 4.99 Å². The number of thiazole rings is 1. The molecular weight excluding hydrogens is 360 g/mol. The van der Waals surface area contributed by atoms with Crippen molar-refractivity contribution in [1.82, 2.24) is 4.57 Å². The average molecular weight is 386 g/mol. The van der Waals surface area contributed by atoms with Crippen molar-refractivity contribution in [3.05, 3.63) is 15.9 Å². The number of ether oxygens (including phenoxy) is 2. The number of carboxylic acid groups (broad SMARTS) is 1. The first-order valence-electron chi connectivity index (χ1n) is 8.19. The molecule has 1 atom stereocenters. The van der Waals surface area contributed by atoms with E-state index in [0.717, 1.165) is 15.9 Å². The van der Waals surface area contributed by atoms with Crippen molar-refractivity contribution in [3.8, 4) is 0 Å². The molecule has 0 aromatic carbocycles. The highest BCUT2D eigenvalue weighted by atomic mass is 32.1. The molecule has 1 unspecified atom stereocenters. The van der Waals surface area contributed by atoms with Crippen molar-refractivity contribution >= 4 is 29.5 Å². The third kappa shape index (κ3) is 6.29. The summed E-state index contributed by atoms with van der Waals surface area (Å²) in [5, 5.41) is 10.9. The minimum atomic E-state index is -1.08. The first kappa shape index (κ1) is 21.9. The summed E-state index contributed by atoms with van der Waals surface area (Å²) in [4.78, 5) is 40.0. The Morgan fingerprint density at radius 3 is 2.12 bits per heavy atom. The van der Waals surface area contributed by atoms with Gasteiger partial charge in [0.25, 0.3) is 0 Å². The number of hydrogen-bond donors (Lipinski definition) is 1. The molecule has 146 valence electrons. The normalized spacial score (nSPS) is 14.0. The number of nitrogens with zero attached hydrogens (tertiary/aromatic N) is 2. The average Bonchev–Trinajstić information content (AvgIpc) is 2.78. The summed E-state index contributed by atoms with van der Waals surface area (Å²) in [5.74, 6) is -2.01. The molecule has 0 bridgehead atoms. The minimum absolute atomic E-state index is 0.00296. The lowest BCUT2D eigenvalue weighted by atomic mass is 10.0. The first-order valence-corrected chi connectivity index (χ1v) is 9.07. The molecule has 0 aliphatic carbocycles. The number of carboxylic acids is 1. The summed E-state index contributed by atoms with van der Waals surface area (Å²) in [7, 11) is 0. The van der Waals surface area contributed by atoms with Gasteiger partial charge in [-0.05, 0) is 48.0 Å². The highest BCUT2D eigenvalue weighted by molar-refractivity contribution is 7.07. The molecule has 0 saturated carbocycles. The first-order chi connectivity index (χ1) is 11.7. The molecule has 0 aliphatic heterocycles. The third-order valence-corrected chi connectivity index (χ3v) is 3.80. The third-order valence-electron chi connectivity index (χ3n) is 2.95. The van der Waals surface area contributed by atoms with E-state index in [0.29, 0.717) is 0 Å². The largest absolute Gasteiger partial charge is 0.481 e. The van der Waals surface area contributed by atoms with Crippen molar-refractivity contribution < 1.29 is 29.0 Å². The van der Waals surface area contributed by atoms with Gasteiger partial charge in [0, 0.05) is 5.38 Å². The van der Waals surface area contributed by atoms with E-state index in [1.807, 2.05) is 0 Å². The molecule has 1 N–H and O–H groups in total. The molecule has 1 amide bonds. The van der Waals surface area contributed by atoms with Crippen molar-refractivity contribution in [2.24, 2.45) is 4.99 Å². The number of hydrogen-bond acceptors (Lipinski definition) is 6. The van der Waals surface area contributed by atoms with Crippen LogP contribution in [0, 0.1) is 0 Å². The molecule has 1 rings (SSSR count). The minimum Gasteiger partial charge on any atom is -0.481 e. The lowest BCUT2D eigenvalue weighted by molar-refractivity contribution is -0.139. The molecule has 0 spiro atoms. The Kier molecular flexibility index (Phi) is 6.76. The van der Waals surface area contributed by atoms with Crippen molar-refractivity contribution in [2.75, 3.05) is 0 Å². The van der Waals surface area contributed by atoms with Crippen LogP contribution in [0.3, 0.4) is 0 Å². The van der Waals surface area contributed by atoms with Gasteiger partial charge in [-0.2, -0.15) is 0 Å². The molecule has 1 aromatic rings. The summed E-state index contributed by atoms with van der Waals surface area (Å²) >= 11 is 0.977. The van der Waals surface area contributed by atoms with Crippen molar-refractivity contribution in [2.45, 2.75) is 72.0 Å². The standard InChI is InChI=1S/C17H26N2O6S/c1-8-10(12(20)21)11-9-26-13(18-14(22)24-16(2,3)4)19(11)15(23)25-17(5,6)7/h9-10H,8H2,1-7H3,(H,20,21)/b18-13-. The van der Waals surface area contributed by atoms with Crippen molar-refractivity contribution in [3.63, 3.8) is 0 Å². The molecular formula is C17H26N2O6S. The zero-order valence-electron chi connectivity index (χ0n) is 16.2. The number of amides is 1. The van der Waals surface area contributed by atoms with Gasteiger partial charge < -0.3 is 14.6 Å².